The number of aliphatic carboxylic acids is 1. The molecule has 0 radical (unpaired) electrons. The molecule has 0 bridgehead atoms. The molecule has 0 unspecified atom stereocenters. The Morgan fingerprint density at radius 3 is 2.75 bits per heavy atom. The Kier molecular flexibility index (Phi) is 4.19. The van der Waals surface area contributed by atoms with Gasteiger partial charge >= 0.3 is 0 Å². The Balaban J connectivity index is 3.27. The van der Waals surface area contributed by atoms with E-state index in [0.29, 0.717) is 15.6 Å². The van der Waals surface area contributed by atoms with E-state index in [2.05, 4.69) is 10.0 Å². The van der Waals surface area contributed by atoms with Crippen LogP contribution in [0.5, 0.6) is 0 Å². The molecule has 82 valence electrons. The van der Waals surface area contributed by atoms with Crippen molar-refractivity contribution < 1.29 is 9.90 Å². The van der Waals surface area contributed by atoms with E-state index in [1.54, 1.807) is 6.07 Å². The van der Waals surface area contributed by atoms with Crippen LogP contribution in [0.2, 0.25) is 10.0 Å². The topological polar surface area (TPSA) is 90.4 Å². The van der Waals surface area contributed by atoms with Crippen LogP contribution in [0.1, 0.15) is 5.56 Å². The van der Waals surface area contributed by atoms with Crippen LogP contribution in [-0.2, 0) is 4.79 Å². The zero-order chi connectivity index (χ0) is 12.1. The second kappa shape index (κ2) is 5.42. The molecule has 1 rings (SSSR count). The van der Waals surface area contributed by atoms with E-state index in [9.17, 15) is 9.90 Å². The molecule has 16 heavy (non-hydrogen) atoms. The van der Waals surface area contributed by atoms with Crippen molar-refractivity contribution in [2.45, 2.75) is 0 Å². The lowest BCUT2D eigenvalue weighted by atomic mass is 10.2. The van der Waals surface area contributed by atoms with Crippen molar-refractivity contribution >= 4 is 35.2 Å². The van der Waals surface area contributed by atoms with Gasteiger partial charge < -0.3 is 9.90 Å². The van der Waals surface area contributed by atoms with Gasteiger partial charge in [-0.3, -0.25) is 0 Å². The SMILES string of the molecule is N=[N+]=NC(=Cc1cc(Cl)ccc1Cl)C(=O)[O-]. The van der Waals surface area contributed by atoms with Crippen molar-refractivity contribution in [2.24, 2.45) is 5.11 Å². The quantitative estimate of drug-likeness (QED) is 0.507. The van der Waals surface area contributed by atoms with Gasteiger partial charge in [-0.1, -0.05) is 23.2 Å². The maximum absolute atomic E-state index is 10.6. The van der Waals surface area contributed by atoms with Crippen LogP contribution in [0.15, 0.2) is 29.0 Å². The third kappa shape index (κ3) is 3.17. The predicted octanol–water partition coefficient (Wildman–Crippen LogP) is 1.63. The molecule has 0 spiro atoms. The maximum atomic E-state index is 10.6. The molecular formula is C9H5Cl2N3O2. The molecule has 0 aliphatic heterocycles. The summed E-state index contributed by atoms with van der Waals surface area (Å²) < 4.78 is 0. The number of carboxylic acids is 1. The van der Waals surface area contributed by atoms with E-state index >= 15 is 0 Å². The van der Waals surface area contributed by atoms with Crippen LogP contribution in [-0.4, -0.2) is 5.97 Å². The number of halogens is 2. The highest BCUT2D eigenvalue weighted by Crippen LogP contribution is 2.22. The molecule has 1 aromatic rings. The zero-order valence-electron chi connectivity index (χ0n) is 7.78. The first-order valence-electron chi connectivity index (χ1n) is 4.00. The highest BCUT2D eigenvalue weighted by Gasteiger charge is 2.06. The molecule has 0 aliphatic rings. The number of carboxylic acid groups (broad SMARTS) is 1. The fourth-order valence-corrected chi connectivity index (χ4v) is 1.31. The van der Waals surface area contributed by atoms with Crippen LogP contribution in [0.4, 0.5) is 0 Å². The van der Waals surface area contributed by atoms with Gasteiger partial charge in [0, 0.05) is 10.0 Å². The lowest BCUT2D eigenvalue weighted by Gasteiger charge is -2.00. The molecule has 0 aliphatic carbocycles. The normalized spacial score (nSPS) is 10.8. The Labute approximate surface area is 101 Å². The summed E-state index contributed by atoms with van der Waals surface area (Å²) in [7, 11) is 0. The summed E-state index contributed by atoms with van der Waals surface area (Å²) in [5.74, 6) is -1.55. The van der Waals surface area contributed by atoms with Gasteiger partial charge in [-0.2, -0.15) is 0 Å². The van der Waals surface area contributed by atoms with E-state index in [4.69, 9.17) is 28.7 Å². The minimum atomic E-state index is -1.55. The van der Waals surface area contributed by atoms with Gasteiger partial charge in [0.15, 0.2) is 10.8 Å². The average Bonchev–Trinajstić information content (AvgIpc) is 2.22. The summed E-state index contributed by atoms with van der Waals surface area (Å²) in [4.78, 5) is 13.2. The largest absolute Gasteiger partial charge is 0.543 e. The smallest absolute Gasteiger partial charge is 0.220 e. The van der Waals surface area contributed by atoms with Crippen LogP contribution in [0, 0.1) is 5.53 Å². The number of rotatable bonds is 3. The summed E-state index contributed by atoms with van der Waals surface area (Å²) in [6.45, 7) is 0. The van der Waals surface area contributed by atoms with Crippen molar-refractivity contribution in [3.05, 3.63) is 39.5 Å². The lowest BCUT2D eigenvalue weighted by Crippen LogP contribution is -2.23. The lowest BCUT2D eigenvalue weighted by molar-refractivity contribution is -0.299. The molecule has 0 heterocycles. The number of carbonyl (C=O) groups excluding carboxylic acids is 1. The standard InChI is InChI=1S/C9H5Cl2N3O2/c10-6-1-2-7(11)5(3-6)4-8(9(15)16)13-14-12/h1-4,12H. The van der Waals surface area contributed by atoms with Crippen molar-refractivity contribution in [3.63, 3.8) is 0 Å². The van der Waals surface area contributed by atoms with Crippen molar-refractivity contribution in [1.29, 1.82) is 5.53 Å². The van der Waals surface area contributed by atoms with Gasteiger partial charge in [-0.25, -0.2) is 0 Å². The van der Waals surface area contributed by atoms with E-state index in [-0.39, 0.29) is 0 Å². The van der Waals surface area contributed by atoms with Crippen LogP contribution in [0.25, 0.3) is 6.08 Å². The Bertz CT molecular complexity index is 503. The fraction of sp³-hybridized carbons (Fsp3) is 0. The molecule has 7 heteroatoms. The number of hydrogen-bond acceptors (Lipinski definition) is 4. The van der Waals surface area contributed by atoms with Crippen LogP contribution >= 0.6 is 23.2 Å². The molecule has 1 aromatic carbocycles. The van der Waals surface area contributed by atoms with Gasteiger partial charge in [0.1, 0.15) is 5.53 Å². The number of benzene rings is 1. The number of nitrogens with zero attached hydrogens (tertiary/aromatic N) is 2. The fourth-order valence-electron chi connectivity index (χ4n) is 0.955. The first kappa shape index (κ1) is 12.4. The average molecular weight is 258 g/mol. The van der Waals surface area contributed by atoms with Crippen LogP contribution in [0.3, 0.4) is 0 Å². The summed E-state index contributed by atoms with van der Waals surface area (Å²) >= 11 is 11.5. The second-order valence-electron chi connectivity index (χ2n) is 2.68. The molecule has 0 atom stereocenters. The molecule has 0 fully saturated rings. The Morgan fingerprint density at radius 2 is 2.19 bits per heavy atom. The number of hydrogen-bond donors (Lipinski definition) is 1. The summed E-state index contributed by atoms with van der Waals surface area (Å²) in [6, 6.07) is 4.54. The predicted molar refractivity (Wildman–Crippen MR) is 56.7 cm³/mol. The van der Waals surface area contributed by atoms with Gasteiger partial charge in [0.05, 0.1) is 5.97 Å². The maximum Gasteiger partial charge on any atom is 0.220 e. The first-order chi connectivity index (χ1) is 7.54. The second-order valence-corrected chi connectivity index (χ2v) is 3.53. The molecule has 5 nitrogen and oxygen atoms in total. The van der Waals surface area contributed by atoms with E-state index in [0.717, 1.165) is 6.08 Å². The first-order valence-corrected chi connectivity index (χ1v) is 4.75. The highest BCUT2D eigenvalue weighted by molar-refractivity contribution is 6.34. The minimum Gasteiger partial charge on any atom is -0.543 e. The summed E-state index contributed by atoms with van der Waals surface area (Å²) in [5.41, 5.74) is 6.32. The Hall–Kier alpha value is -1.68. The van der Waals surface area contributed by atoms with E-state index in [1.807, 2.05) is 0 Å². The van der Waals surface area contributed by atoms with Gasteiger partial charge in [-0.15, -0.1) is 0 Å². The number of carbonyl (C=O) groups is 1. The third-order valence-electron chi connectivity index (χ3n) is 1.62. The molecular weight excluding hydrogens is 253 g/mol. The van der Waals surface area contributed by atoms with Crippen molar-refractivity contribution in [2.75, 3.05) is 0 Å². The monoisotopic (exact) mass is 257 g/mol. The van der Waals surface area contributed by atoms with E-state index < -0.39 is 11.7 Å². The molecule has 1 N–H and O–H groups in total. The van der Waals surface area contributed by atoms with E-state index in [1.165, 1.54) is 12.1 Å². The molecule has 0 saturated carbocycles. The molecule has 0 aromatic heterocycles. The highest BCUT2D eigenvalue weighted by atomic mass is 35.5. The molecule has 0 saturated heterocycles. The van der Waals surface area contributed by atoms with Crippen molar-refractivity contribution in [1.82, 2.24) is 4.91 Å². The summed E-state index contributed by atoms with van der Waals surface area (Å²) in [5, 5.41) is 14.4. The van der Waals surface area contributed by atoms with Crippen molar-refractivity contribution in [3.8, 4) is 0 Å². The molecule has 0 amide bonds. The zero-order valence-corrected chi connectivity index (χ0v) is 9.29. The third-order valence-corrected chi connectivity index (χ3v) is 2.20. The summed E-state index contributed by atoms with van der Waals surface area (Å²) in [6.07, 6.45) is 1.13. The van der Waals surface area contributed by atoms with Crippen LogP contribution < -0.4 is 10.0 Å². The van der Waals surface area contributed by atoms with Gasteiger partial charge in [-0.05, 0) is 29.8 Å². The number of nitrogens with one attached hydrogen (secondary N) is 1. The Morgan fingerprint density at radius 1 is 1.50 bits per heavy atom. The minimum absolute atomic E-state index is 0.309. The van der Waals surface area contributed by atoms with Gasteiger partial charge in [0.2, 0.25) is 4.91 Å². The van der Waals surface area contributed by atoms with Gasteiger partial charge in [0.25, 0.3) is 0 Å².